The molecule has 0 fully saturated rings. The number of alkyl halides is 1. The van der Waals surface area contributed by atoms with Crippen molar-refractivity contribution in [3.63, 3.8) is 0 Å². The third-order valence-corrected chi connectivity index (χ3v) is 3.18. The molecule has 1 aromatic carbocycles. The van der Waals surface area contributed by atoms with Gasteiger partial charge in [-0.2, -0.15) is 0 Å². The predicted octanol–water partition coefficient (Wildman–Crippen LogP) is 3.43. The molecule has 1 rings (SSSR count). The fourth-order valence-electron chi connectivity index (χ4n) is 1.09. The number of hydrogen-bond acceptors (Lipinski definition) is 2. The Morgan fingerprint density at radius 1 is 1.60 bits per heavy atom. The third kappa shape index (κ3) is 3.67. The largest absolute Gasteiger partial charge is 0.468 e. The van der Waals surface area contributed by atoms with E-state index in [9.17, 15) is 4.79 Å². The molecule has 0 heterocycles. The second-order valence-corrected chi connectivity index (χ2v) is 4.75. The second kappa shape index (κ2) is 5.73. The maximum absolute atomic E-state index is 11.1. The Labute approximate surface area is 107 Å². The standard InChI is InChI=1S/C10H9BrCl2O2/c1-15-10(14)9(13)4-6-2-3-7(12)5-8(6)11/h2-3,5,9H,4H2,1H3. The zero-order valence-electron chi connectivity index (χ0n) is 7.97. The summed E-state index contributed by atoms with van der Waals surface area (Å²) in [6.45, 7) is 0. The lowest BCUT2D eigenvalue weighted by Gasteiger charge is -2.08. The van der Waals surface area contributed by atoms with Gasteiger partial charge in [-0.1, -0.05) is 33.6 Å². The Bertz CT molecular complexity index is 368. The average Bonchev–Trinajstić information content (AvgIpc) is 2.20. The van der Waals surface area contributed by atoms with Crippen molar-refractivity contribution in [2.45, 2.75) is 11.8 Å². The Kier molecular flexibility index (Phi) is 4.90. The molecule has 0 saturated heterocycles. The first kappa shape index (κ1) is 12.8. The number of ether oxygens (including phenoxy) is 1. The van der Waals surface area contributed by atoms with Crippen molar-refractivity contribution in [2.75, 3.05) is 7.11 Å². The minimum atomic E-state index is -0.674. The van der Waals surface area contributed by atoms with Crippen LogP contribution in [0, 0.1) is 0 Å². The summed E-state index contributed by atoms with van der Waals surface area (Å²) in [6, 6.07) is 5.34. The number of esters is 1. The van der Waals surface area contributed by atoms with E-state index in [0.717, 1.165) is 10.0 Å². The number of carbonyl (C=O) groups excluding carboxylic acids is 1. The molecule has 15 heavy (non-hydrogen) atoms. The maximum atomic E-state index is 11.1. The highest BCUT2D eigenvalue weighted by Gasteiger charge is 2.17. The van der Waals surface area contributed by atoms with Crippen LogP contribution in [0.4, 0.5) is 0 Å². The van der Waals surface area contributed by atoms with Gasteiger partial charge < -0.3 is 4.74 Å². The van der Waals surface area contributed by atoms with E-state index in [2.05, 4.69) is 20.7 Å². The topological polar surface area (TPSA) is 26.3 Å². The average molecular weight is 312 g/mol. The van der Waals surface area contributed by atoms with Crippen molar-refractivity contribution in [3.8, 4) is 0 Å². The molecule has 0 N–H and O–H groups in total. The molecule has 0 aromatic heterocycles. The SMILES string of the molecule is COC(=O)C(Cl)Cc1ccc(Cl)cc1Br. The molecular formula is C10H9BrCl2O2. The fraction of sp³-hybridized carbons (Fsp3) is 0.300. The van der Waals surface area contributed by atoms with E-state index in [1.165, 1.54) is 7.11 Å². The lowest BCUT2D eigenvalue weighted by atomic mass is 10.1. The lowest BCUT2D eigenvalue weighted by molar-refractivity contribution is -0.140. The van der Waals surface area contributed by atoms with E-state index in [1.807, 2.05) is 6.07 Å². The Balaban J connectivity index is 2.76. The molecule has 82 valence electrons. The van der Waals surface area contributed by atoms with Gasteiger partial charge in [-0.25, -0.2) is 0 Å². The molecule has 5 heteroatoms. The van der Waals surface area contributed by atoms with E-state index in [0.29, 0.717) is 11.4 Å². The Morgan fingerprint density at radius 2 is 2.27 bits per heavy atom. The van der Waals surface area contributed by atoms with Crippen LogP contribution in [-0.2, 0) is 16.0 Å². The van der Waals surface area contributed by atoms with Crippen molar-refractivity contribution in [1.82, 2.24) is 0 Å². The fourth-order valence-corrected chi connectivity index (χ4v) is 2.19. The number of rotatable bonds is 3. The molecule has 1 unspecified atom stereocenters. The predicted molar refractivity (Wildman–Crippen MR) is 64.5 cm³/mol. The number of carbonyl (C=O) groups is 1. The van der Waals surface area contributed by atoms with Gasteiger partial charge in [0.2, 0.25) is 0 Å². The minimum absolute atomic E-state index is 0.409. The molecule has 0 aliphatic carbocycles. The highest BCUT2D eigenvalue weighted by Crippen LogP contribution is 2.23. The maximum Gasteiger partial charge on any atom is 0.324 e. The molecule has 1 atom stereocenters. The van der Waals surface area contributed by atoms with Crippen LogP contribution in [0.2, 0.25) is 5.02 Å². The van der Waals surface area contributed by atoms with Crippen LogP contribution in [-0.4, -0.2) is 18.5 Å². The minimum Gasteiger partial charge on any atom is -0.468 e. The van der Waals surface area contributed by atoms with E-state index < -0.39 is 11.3 Å². The van der Waals surface area contributed by atoms with Gasteiger partial charge in [0.25, 0.3) is 0 Å². The first-order valence-electron chi connectivity index (χ1n) is 4.20. The molecule has 0 bridgehead atoms. The van der Waals surface area contributed by atoms with Crippen molar-refractivity contribution >= 4 is 45.1 Å². The summed E-state index contributed by atoms with van der Waals surface area (Å²) in [5.74, 6) is -0.432. The molecule has 0 spiro atoms. The van der Waals surface area contributed by atoms with E-state index >= 15 is 0 Å². The van der Waals surface area contributed by atoms with Crippen LogP contribution in [0.25, 0.3) is 0 Å². The van der Waals surface area contributed by atoms with Crippen molar-refractivity contribution in [1.29, 1.82) is 0 Å². The van der Waals surface area contributed by atoms with Gasteiger partial charge in [0, 0.05) is 15.9 Å². The van der Waals surface area contributed by atoms with Gasteiger partial charge in [0.05, 0.1) is 7.11 Å². The quantitative estimate of drug-likeness (QED) is 0.631. The summed E-state index contributed by atoms with van der Waals surface area (Å²) in [4.78, 5) is 11.1. The van der Waals surface area contributed by atoms with E-state index in [-0.39, 0.29) is 0 Å². The summed E-state index contributed by atoms with van der Waals surface area (Å²) < 4.78 is 5.37. The van der Waals surface area contributed by atoms with Gasteiger partial charge in [-0.05, 0) is 17.7 Å². The number of benzene rings is 1. The van der Waals surface area contributed by atoms with Crippen molar-refractivity contribution in [3.05, 3.63) is 33.3 Å². The van der Waals surface area contributed by atoms with Crippen LogP contribution in [0.1, 0.15) is 5.56 Å². The lowest BCUT2D eigenvalue weighted by Crippen LogP contribution is -2.18. The number of hydrogen-bond donors (Lipinski definition) is 0. The molecule has 0 amide bonds. The van der Waals surface area contributed by atoms with Crippen LogP contribution in [0.5, 0.6) is 0 Å². The second-order valence-electron chi connectivity index (χ2n) is 2.93. The summed E-state index contributed by atoms with van der Waals surface area (Å²) in [6.07, 6.45) is 0.409. The van der Waals surface area contributed by atoms with Gasteiger partial charge >= 0.3 is 5.97 Å². The summed E-state index contributed by atoms with van der Waals surface area (Å²) in [7, 11) is 1.31. The molecule has 0 radical (unpaired) electrons. The van der Waals surface area contributed by atoms with E-state index in [4.69, 9.17) is 23.2 Å². The Hall–Kier alpha value is -0.250. The van der Waals surface area contributed by atoms with E-state index in [1.54, 1.807) is 12.1 Å². The summed E-state index contributed by atoms with van der Waals surface area (Å²) in [5.41, 5.74) is 0.921. The van der Waals surface area contributed by atoms with Crippen molar-refractivity contribution < 1.29 is 9.53 Å². The van der Waals surface area contributed by atoms with Gasteiger partial charge in [0.15, 0.2) is 0 Å². The zero-order valence-corrected chi connectivity index (χ0v) is 11.1. The molecular weight excluding hydrogens is 303 g/mol. The van der Waals surface area contributed by atoms with Gasteiger partial charge in [0.1, 0.15) is 5.38 Å². The molecule has 1 aromatic rings. The van der Waals surface area contributed by atoms with Crippen LogP contribution >= 0.6 is 39.1 Å². The number of halogens is 3. The highest BCUT2D eigenvalue weighted by atomic mass is 79.9. The first-order valence-corrected chi connectivity index (χ1v) is 5.81. The molecule has 0 saturated carbocycles. The normalized spacial score (nSPS) is 12.3. The third-order valence-electron chi connectivity index (χ3n) is 1.87. The smallest absolute Gasteiger partial charge is 0.324 e. The molecule has 0 aliphatic rings. The van der Waals surface area contributed by atoms with Crippen LogP contribution in [0.15, 0.2) is 22.7 Å². The van der Waals surface area contributed by atoms with Gasteiger partial charge in [-0.15, -0.1) is 11.6 Å². The molecule has 0 aliphatic heterocycles. The van der Waals surface area contributed by atoms with Gasteiger partial charge in [-0.3, -0.25) is 4.79 Å². The summed E-state index contributed by atoms with van der Waals surface area (Å²) >= 11 is 15.0. The summed E-state index contributed by atoms with van der Waals surface area (Å²) in [5, 5.41) is -0.0395. The highest BCUT2D eigenvalue weighted by molar-refractivity contribution is 9.10. The monoisotopic (exact) mass is 310 g/mol. The number of methoxy groups -OCH3 is 1. The van der Waals surface area contributed by atoms with Crippen LogP contribution < -0.4 is 0 Å². The Morgan fingerprint density at radius 3 is 2.80 bits per heavy atom. The molecule has 2 nitrogen and oxygen atoms in total. The van der Waals surface area contributed by atoms with Crippen molar-refractivity contribution in [2.24, 2.45) is 0 Å². The zero-order chi connectivity index (χ0) is 11.4. The first-order chi connectivity index (χ1) is 7.04. The van der Waals surface area contributed by atoms with Crippen LogP contribution in [0.3, 0.4) is 0 Å².